The smallest absolute Gasteiger partial charge is 0.238 e. The highest BCUT2D eigenvalue weighted by Crippen LogP contribution is 2.19. The largest absolute Gasteiger partial charge is 0.545 e. The lowest BCUT2D eigenvalue weighted by Gasteiger charge is -2.06. The topological polar surface area (TPSA) is 100 Å². The third kappa shape index (κ3) is 2.31. The molecule has 0 heterocycles. The summed E-state index contributed by atoms with van der Waals surface area (Å²) in [6.07, 6.45) is 0. The quantitative estimate of drug-likeness (QED) is 0.785. The molecule has 0 amide bonds. The monoisotopic (exact) mass is 278 g/mol. The van der Waals surface area contributed by atoms with Gasteiger partial charge in [-0.05, 0) is 18.2 Å². The zero-order chi connectivity index (χ0) is 10.9. The Morgan fingerprint density at radius 1 is 1.43 bits per heavy atom. The van der Waals surface area contributed by atoms with Gasteiger partial charge in [-0.2, -0.15) is 0 Å². The fraction of sp³-hybridized carbons (Fsp3) is 0. The number of halogens is 1. The van der Waals surface area contributed by atoms with Crippen molar-refractivity contribution < 1.29 is 18.3 Å². The first kappa shape index (κ1) is 11.2. The summed E-state index contributed by atoms with van der Waals surface area (Å²) in [6, 6.07) is 3.42. The van der Waals surface area contributed by atoms with E-state index in [1.165, 1.54) is 12.1 Å². The van der Waals surface area contributed by atoms with Gasteiger partial charge in [0, 0.05) is 10.0 Å². The number of benzene rings is 1. The van der Waals surface area contributed by atoms with Crippen LogP contribution in [0.15, 0.2) is 27.6 Å². The molecular formula is C7H5BrNO4S-. The van der Waals surface area contributed by atoms with Crippen LogP contribution in [0.3, 0.4) is 0 Å². The molecule has 1 aromatic carbocycles. The molecule has 0 spiro atoms. The average molecular weight is 279 g/mol. The van der Waals surface area contributed by atoms with E-state index in [9.17, 15) is 18.3 Å². The third-order valence-electron chi connectivity index (χ3n) is 1.49. The number of hydrogen-bond acceptors (Lipinski definition) is 4. The molecule has 76 valence electrons. The first-order chi connectivity index (χ1) is 6.32. The fourth-order valence-electron chi connectivity index (χ4n) is 0.838. The van der Waals surface area contributed by atoms with E-state index in [4.69, 9.17) is 5.14 Å². The maximum Gasteiger partial charge on any atom is 0.238 e. The second-order valence-electron chi connectivity index (χ2n) is 2.47. The molecule has 0 unspecified atom stereocenters. The first-order valence-electron chi connectivity index (χ1n) is 3.36. The zero-order valence-electron chi connectivity index (χ0n) is 6.73. The lowest BCUT2D eigenvalue weighted by atomic mass is 10.2. The number of carboxylic acid groups (broad SMARTS) is 1. The molecule has 0 radical (unpaired) electrons. The SMILES string of the molecule is NS(=O)(=O)c1ccc(Br)c(C(=O)[O-])c1. The molecule has 1 rings (SSSR count). The maximum absolute atomic E-state index is 10.9. The Morgan fingerprint density at radius 3 is 2.43 bits per heavy atom. The zero-order valence-corrected chi connectivity index (χ0v) is 9.13. The summed E-state index contributed by atoms with van der Waals surface area (Å²) in [7, 11) is -3.89. The Hall–Kier alpha value is -0.920. The number of hydrogen-bond donors (Lipinski definition) is 1. The van der Waals surface area contributed by atoms with E-state index in [0.29, 0.717) is 0 Å². The highest BCUT2D eigenvalue weighted by atomic mass is 79.9. The number of carbonyl (C=O) groups is 1. The minimum Gasteiger partial charge on any atom is -0.545 e. The first-order valence-corrected chi connectivity index (χ1v) is 5.70. The molecule has 0 bridgehead atoms. The second kappa shape index (κ2) is 3.68. The highest BCUT2D eigenvalue weighted by molar-refractivity contribution is 9.10. The lowest BCUT2D eigenvalue weighted by molar-refractivity contribution is -0.255. The van der Waals surface area contributed by atoms with Crippen LogP contribution >= 0.6 is 15.9 Å². The third-order valence-corrected chi connectivity index (χ3v) is 3.09. The molecule has 0 aromatic heterocycles. The summed E-state index contributed by atoms with van der Waals surface area (Å²) in [5.41, 5.74) is -0.253. The van der Waals surface area contributed by atoms with E-state index in [1.807, 2.05) is 0 Å². The number of carboxylic acids is 1. The van der Waals surface area contributed by atoms with E-state index < -0.39 is 16.0 Å². The standard InChI is InChI=1S/C7H6BrNO4S/c8-6-2-1-4(14(9,12)13)3-5(6)7(10)11/h1-3H,(H,10,11)(H2,9,12,13)/p-1. The van der Waals surface area contributed by atoms with Crippen LogP contribution in [-0.2, 0) is 10.0 Å². The molecule has 1 aromatic rings. The number of primary sulfonamides is 1. The molecule has 0 saturated carbocycles. The molecular weight excluding hydrogens is 274 g/mol. The van der Waals surface area contributed by atoms with Gasteiger partial charge in [0.05, 0.1) is 10.9 Å². The average Bonchev–Trinajstić information content (AvgIpc) is 2.02. The molecule has 14 heavy (non-hydrogen) atoms. The lowest BCUT2D eigenvalue weighted by Crippen LogP contribution is -2.23. The van der Waals surface area contributed by atoms with Crippen molar-refractivity contribution in [3.63, 3.8) is 0 Å². The predicted octanol–water partition coefficient (Wildman–Crippen LogP) is -0.540. The van der Waals surface area contributed by atoms with Gasteiger partial charge in [0.1, 0.15) is 0 Å². The Bertz CT molecular complexity index is 482. The highest BCUT2D eigenvalue weighted by Gasteiger charge is 2.10. The summed E-state index contributed by atoms with van der Waals surface area (Å²) in [5, 5.41) is 15.3. The van der Waals surface area contributed by atoms with Gasteiger partial charge >= 0.3 is 0 Å². The van der Waals surface area contributed by atoms with E-state index in [-0.39, 0.29) is 14.9 Å². The number of carbonyl (C=O) groups excluding carboxylic acids is 1. The van der Waals surface area contributed by atoms with Crippen LogP contribution in [0.5, 0.6) is 0 Å². The van der Waals surface area contributed by atoms with E-state index in [2.05, 4.69) is 15.9 Å². The van der Waals surface area contributed by atoms with Crippen molar-refractivity contribution in [1.29, 1.82) is 0 Å². The van der Waals surface area contributed by atoms with Gasteiger partial charge < -0.3 is 9.90 Å². The van der Waals surface area contributed by atoms with Gasteiger partial charge in [0.15, 0.2) is 0 Å². The molecule has 5 nitrogen and oxygen atoms in total. The van der Waals surface area contributed by atoms with Crippen LogP contribution in [0, 0.1) is 0 Å². The molecule has 0 aliphatic rings. The van der Waals surface area contributed by atoms with Crippen LogP contribution in [0.4, 0.5) is 0 Å². The Balaban J connectivity index is 3.42. The number of nitrogens with two attached hydrogens (primary N) is 1. The summed E-state index contributed by atoms with van der Waals surface area (Å²) >= 11 is 2.94. The maximum atomic E-state index is 10.9. The van der Waals surface area contributed by atoms with Crippen LogP contribution in [0.1, 0.15) is 10.4 Å². The van der Waals surface area contributed by atoms with Crippen molar-refractivity contribution in [2.45, 2.75) is 4.90 Å². The van der Waals surface area contributed by atoms with Gasteiger partial charge in [-0.3, -0.25) is 0 Å². The van der Waals surface area contributed by atoms with Crippen molar-refractivity contribution >= 4 is 31.9 Å². The summed E-state index contributed by atoms with van der Waals surface area (Å²) in [5.74, 6) is -1.47. The van der Waals surface area contributed by atoms with Crippen LogP contribution in [0.25, 0.3) is 0 Å². The molecule has 7 heteroatoms. The predicted molar refractivity (Wildman–Crippen MR) is 49.8 cm³/mol. The number of aromatic carboxylic acids is 1. The number of rotatable bonds is 2. The Kier molecular flexibility index (Phi) is 2.93. The van der Waals surface area contributed by atoms with Crippen LogP contribution < -0.4 is 10.2 Å². The van der Waals surface area contributed by atoms with Crippen LogP contribution in [-0.4, -0.2) is 14.4 Å². The van der Waals surface area contributed by atoms with Gasteiger partial charge in [0.2, 0.25) is 10.0 Å². The fourth-order valence-corrected chi connectivity index (χ4v) is 1.79. The van der Waals surface area contributed by atoms with E-state index >= 15 is 0 Å². The summed E-state index contributed by atoms with van der Waals surface area (Å²) in [6.45, 7) is 0. The van der Waals surface area contributed by atoms with Crippen molar-refractivity contribution in [1.82, 2.24) is 0 Å². The van der Waals surface area contributed by atoms with Crippen molar-refractivity contribution in [3.05, 3.63) is 28.2 Å². The number of sulfonamides is 1. The molecule has 0 saturated heterocycles. The molecule has 0 atom stereocenters. The second-order valence-corrected chi connectivity index (χ2v) is 4.89. The minimum absolute atomic E-state index is 0.241. The van der Waals surface area contributed by atoms with E-state index in [0.717, 1.165) is 6.07 Å². The van der Waals surface area contributed by atoms with Crippen molar-refractivity contribution in [3.8, 4) is 0 Å². The summed E-state index contributed by atoms with van der Waals surface area (Å²) < 4.78 is 22.0. The summed E-state index contributed by atoms with van der Waals surface area (Å²) in [4.78, 5) is 10.3. The van der Waals surface area contributed by atoms with Gasteiger partial charge in [-0.25, -0.2) is 13.6 Å². The van der Waals surface area contributed by atoms with Gasteiger partial charge in [-0.15, -0.1) is 0 Å². The van der Waals surface area contributed by atoms with Gasteiger partial charge in [0.25, 0.3) is 0 Å². The Morgan fingerprint density at radius 2 is 2.00 bits per heavy atom. The molecule has 0 fully saturated rings. The Labute approximate surface area is 88.7 Å². The molecule has 2 N–H and O–H groups in total. The molecule has 0 aliphatic heterocycles. The minimum atomic E-state index is -3.89. The normalized spacial score (nSPS) is 11.3. The van der Waals surface area contributed by atoms with Crippen molar-refractivity contribution in [2.75, 3.05) is 0 Å². The van der Waals surface area contributed by atoms with Crippen LogP contribution in [0.2, 0.25) is 0 Å². The van der Waals surface area contributed by atoms with E-state index in [1.54, 1.807) is 0 Å². The van der Waals surface area contributed by atoms with Gasteiger partial charge in [-0.1, -0.05) is 15.9 Å². The molecule has 0 aliphatic carbocycles. The van der Waals surface area contributed by atoms with Crippen molar-refractivity contribution in [2.24, 2.45) is 5.14 Å².